The molecule has 0 saturated carbocycles. The zero-order chi connectivity index (χ0) is 19.2. The van der Waals surface area contributed by atoms with Crippen LogP contribution in [-0.2, 0) is 22.8 Å². The number of nitrogens with zero attached hydrogens (tertiary/aromatic N) is 2. The minimum atomic E-state index is -3.15. The molecule has 0 aliphatic carbocycles. The number of hydrogen-bond donors (Lipinski definition) is 0. The normalized spacial score (nSPS) is 23.7. The van der Waals surface area contributed by atoms with Crippen molar-refractivity contribution in [3.05, 3.63) is 65.2 Å². The van der Waals surface area contributed by atoms with Crippen molar-refractivity contribution in [1.29, 1.82) is 0 Å². The molecule has 142 valence electrons. The van der Waals surface area contributed by atoms with Crippen LogP contribution in [0.2, 0.25) is 0 Å². The number of carbonyl (C=O) groups is 1. The van der Waals surface area contributed by atoms with Crippen molar-refractivity contribution in [2.24, 2.45) is 0 Å². The summed E-state index contributed by atoms with van der Waals surface area (Å²) in [5.41, 5.74) is 4.14. The van der Waals surface area contributed by atoms with E-state index in [0.717, 1.165) is 23.2 Å². The highest BCUT2D eigenvalue weighted by Crippen LogP contribution is 2.36. The molecule has 2 aliphatic rings. The topological polar surface area (TPSA) is 57.7 Å². The summed E-state index contributed by atoms with van der Waals surface area (Å²) in [6, 6.07) is 15.2. The Hall–Kier alpha value is -2.34. The van der Waals surface area contributed by atoms with Crippen LogP contribution < -0.4 is 4.90 Å². The SMILES string of the molecule is CCc1ccc(N2C(=O)N(Cc3ccc(C)cc3)[C@@H]3CS(=O)(=O)C[C@@H]32)cc1. The second kappa shape index (κ2) is 6.68. The lowest BCUT2D eigenvalue weighted by Crippen LogP contribution is -2.37. The van der Waals surface area contributed by atoms with Gasteiger partial charge in [0.05, 0.1) is 23.6 Å². The molecular formula is C21H24N2O3S. The lowest BCUT2D eigenvalue weighted by molar-refractivity contribution is 0.206. The average molecular weight is 385 g/mol. The zero-order valence-electron chi connectivity index (χ0n) is 15.6. The second-order valence-corrected chi connectivity index (χ2v) is 9.65. The van der Waals surface area contributed by atoms with Crippen LogP contribution in [0.5, 0.6) is 0 Å². The van der Waals surface area contributed by atoms with Crippen molar-refractivity contribution in [1.82, 2.24) is 4.90 Å². The predicted octanol–water partition coefficient (Wildman–Crippen LogP) is 3.17. The van der Waals surface area contributed by atoms with Crippen LogP contribution in [0.4, 0.5) is 10.5 Å². The van der Waals surface area contributed by atoms with Crippen LogP contribution in [0, 0.1) is 6.92 Å². The Morgan fingerprint density at radius 3 is 2.15 bits per heavy atom. The van der Waals surface area contributed by atoms with E-state index in [1.165, 1.54) is 5.56 Å². The fraction of sp³-hybridized carbons (Fsp3) is 0.381. The Morgan fingerprint density at radius 2 is 1.52 bits per heavy atom. The van der Waals surface area contributed by atoms with Crippen LogP contribution in [0.3, 0.4) is 0 Å². The fourth-order valence-electron chi connectivity index (χ4n) is 4.05. The maximum atomic E-state index is 13.2. The summed E-state index contributed by atoms with van der Waals surface area (Å²) < 4.78 is 24.6. The van der Waals surface area contributed by atoms with Gasteiger partial charge in [0.1, 0.15) is 0 Å². The number of benzene rings is 2. The van der Waals surface area contributed by atoms with E-state index in [0.29, 0.717) is 6.54 Å². The first-order valence-electron chi connectivity index (χ1n) is 9.33. The molecule has 0 N–H and O–H groups in total. The first-order chi connectivity index (χ1) is 12.9. The molecular weight excluding hydrogens is 360 g/mol. The van der Waals surface area contributed by atoms with Gasteiger partial charge in [0.2, 0.25) is 0 Å². The van der Waals surface area contributed by atoms with Gasteiger partial charge in [-0.25, -0.2) is 13.2 Å². The van der Waals surface area contributed by atoms with Gasteiger partial charge in [-0.05, 0) is 36.6 Å². The number of urea groups is 1. The second-order valence-electron chi connectivity index (χ2n) is 7.50. The molecule has 2 fully saturated rings. The number of carbonyl (C=O) groups excluding carboxylic acids is 1. The Bertz CT molecular complexity index is 952. The van der Waals surface area contributed by atoms with Gasteiger partial charge < -0.3 is 4.90 Å². The summed E-state index contributed by atoms with van der Waals surface area (Å²) in [5, 5.41) is 0. The van der Waals surface area contributed by atoms with Gasteiger partial charge in [-0.2, -0.15) is 0 Å². The van der Waals surface area contributed by atoms with Crippen LogP contribution in [0.25, 0.3) is 0 Å². The number of fused-ring (bicyclic) bond motifs is 1. The average Bonchev–Trinajstić information content (AvgIpc) is 3.07. The molecule has 0 unspecified atom stereocenters. The van der Waals surface area contributed by atoms with Crippen molar-refractivity contribution < 1.29 is 13.2 Å². The summed E-state index contributed by atoms with van der Waals surface area (Å²) in [6.45, 7) is 4.53. The van der Waals surface area contributed by atoms with Crippen molar-refractivity contribution in [3.63, 3.8) is 0 Å². The quantitative estimate of drug-likeness (QED) is 0.761. The first-order valence-corrected chi connectivity index (χ1v) is 11.1. The third-order valence-corrected chi connectivity index (χ3v) is 7.27. The molecule has 2 atom stereocenters. The number of amides is 2. The number of anilines is 1. The summed E-state index contributed by atoms with van der Waals surface area (Å²) in [4.78, 5) is 16.6. The fourth-order valence-corrected chi connectivity index (χ4v) is 6.00. The van der Waals surface area contributed by atoms with E-state index in [2.05, 4.69) is 6.92 Å². The summed E-state index contributed by atoms with van der Waals surface area (Å²) in [5.74, 6) is 0.0716. The van der Waals surface area contributed by atoms with Gasteiger partial charge in [-0.1, -0.05) is 48.9 Å². The van der Waals surface area contributed by atoms with E-state index in [9.17, 15) is 13.2 Å². The molecule has 2 aromatic rings. The van der Waals surface area contributed by atoms with Crippen LogP contribution >= 0.6 is 0 Å². The first kappa shape index (κ1) is 18.0. The van der Waals surface area contributed by atoms with Gasteiger partial charge in [0.15, 0.2) is 9.84 Å². The number of rotatable bonds is 4. The van der Waals surface area contributed by atoms with Gasteiger partial charge in [-0.15, -0.1) is 0 Å². The molecule has 5 nitrogen and oxygen atoms in total. The highest BCUT2D eigenvalue weighted by Gasteiger charge is 2.53. The molecule has 0 bridgehead atoms. The Kier molecular flexibility index (Phi) is 4.46. The van der Waals surface area contributed by atoms with E-state index in [1.54, 1.807) is 9.80 Å². The zero-order valence-corrected chi connectivity index (χ0v) is 16.4. The van der Waals surface area contributed by atoms with Gasteiger partial charge >= 0.3 is 6.03 Å². The van der Waals surface area contributed by atoms with Crippen molar-refractivity contribution in [2.45, 2.75) is 38.9 Å². The summed E-state index contributed by atoms with van der Waals surface area (Å²) in [7, 11) is -3.15. The van der Waals surface area contributed by atoms with Crippen molar-refractivity contribution in [2.75, 3.05) is 16.4 Å². The van der Waals surface area contributed by atoms with Crippen LogP contribution in [0.1, 0.15) is 23.6 Å². The molecule has 0 radical (unpaired) electrons. The summed E-state index contributed by atoms with van der Waals surface area (Å²) in [6.07, 6.45) is 0.925. The number of sulfone groups is 1. The van der Waals surface area contributed by atoms with Crippen LogP contribution in [-0.4, -0.2) is 42.9 Å². The van der Waals surface area contributed by atoms with Gasteiger partial charge in [0, 0.05) is 12.2 Å². The molecule has 2 aliphatic heterocycles. The Morgan fingerprint density at radius 1 is 0.926 bits per heavy atom. The number of aryl methyl sites for hydroxylation is 2. The van der Waals surface area contributed by atoms with E-state index in [1.807, 2.05) is 55.5 Å². The third-order valence-electron chi connectivity index (χ3n) is 5.57. The molecule has 6 heteroatoms. The standard InChI is InChI=1S/C21H24N2O3S/c1-3-16-8-10-18(11-9-16)23-20-14-27(25,26)13-19(20)22(21(23)24)12-17-6-4-15(2)5-7-17/h4-11,19-20H,3,12-14H2,1-2H3/t19-,20+/m1/s1. The minimum Gasteiger partial charge on any atom is -0.314 e. The molecule has 4 rings (SSSR count). The number of hydrogen-bond acceptors (Lipinski definition) is 3. The molecule has 0 aromatic heterocycles. The molecule has 2 heterocycles. The maximum absolute atomic E-state index is 13.2. The molecule has 27 heavy (non-hydrogen) atoms. The largest absolute Gasteiger partial charge is 0.325 e. The van der Waals surface area contributed by atoms with E-state index >= 15 is 0 Å². The van der Waals surface area contributed by atoms with Crippen LogP contribution in [0.15, 0.2) is 48.5 Å². The molecule has 2 amide bonds. The van der Waals surface area contributed by atoms with Crippen molar-refractivity contribution >= 4 is 21.6 Å². The predicted molar refractivity (Wildman–Crippen MR) is 107 cm³/mol. The minimum absolute atomic E-state index is 0.0311. The molecule has 2 saturated heterocycles. The molecule has 0 spiro atoms. The monoisotopic (exact) mass is 384 g/mol. The smallest absolute Gasteiger partial charge is 0.314 e. The lowest BCUT2D eigenvalue weighted by atomic mass is 10.1. The summed E-state index contributed by atoms with van der Waals surface area (Å²) >= 11 is 0. The molecule has 2 aromatic carbocycles. The van der Waals surface area contributed by atoms with E-state index in [-0.39, 0.29) is 29.6 Å². The maximum Gasteiger partial charge on any atom is 0.325 e. The Balaban J connectivity index is 1.67. The van der Waals surface area contributed by atoms with Crippen molar-refractivity contribution in [3.8, 4) is 0 Å². The highest BCUT2D eigenvalue weighted by atomic mass is 32.2. The lowest BCUT2D eigenvalue weighted by Gasteiger charge is -2.23. The third kappa shape index (κ3) is 3.34. The van der Waals surface area contributed by atoms with Gasteiger partial charge in [0.25, 0.3) is 0 Å². The highest BCUT2D eigenvalue weighted by molar-refractivity contribution is 7.91. The van der Waals surface area contributed by atoms with E-state index < -0.39 is 9.84 Å². The van der Waals surface area contributed by atoms with E-state index in [4.69, 9.17) is 0 Å². The van der Waals surface area contributed by atoms with Gasteiger partial charge in [-0.3, -0.25) is 4.90 Å². The Labute approximate surface area is 160 Å².